The summed E-state index contributed by atoms with van der Waals surface area (Å²) in [6, 6.07) is 6.52. The number of fused-ring (bicyclic) bond motifs is 1. The van der Waals surface area contributed by atoms with Crippen LogP contribution in [0.5, 0.6) is 0 Å². The summed E-state index contributed by atoms with van der Waals surface area (Å²) < 4.78 is 79.7. The molecule has 0 saturated heterocycles. The van der Waals surface area contributed by atoms with Crippen molar-refractivity contribution in [2.75, 3.05) is 5.75 Å². The van der Waals surface area contributed by atoms with E-state index in [1.165, 1.54) is 25.3 Å². The van der Waals surface area contributed by atoms with Crippen molar-refractivity contribution in [3.63, 3.8) is 0 Å². The number of hydrogen-bond acceptors (Lipinski definition) is 5. The Kier molecular flexibility index (Phi) is 5.53. The third kappa shape index (κ3) is 4.23. The van der Waals surface area contributed by atoms with Crippen molar-refractivity contribution in [1.29, 1.82) is 0 Å². The van der Waals surface area contributed by atoms with E-state index in [0.717, 1.165) is 24.3 Å². The normalized spacial score (nSPS) is 12.4. The van der Waals surface area contributed by atoms with Crippen LogP contribution in [0.1, 0.15) is 12.5 Å². The smallest absolute Gasteiger partial charge is 0.249 e. The average molecular weight is 501 g/mol. The van der Waals surface area contributed by atoms with Crippen molar-refractivity contribution < 1.29 is 26.0 Å². The van der Waals surface area contributed by atoms with Gasteiger partial charge in [0.25, 0.3) is 0 Å². The Morgan fingerprint density at radius 2 is 1.82 bits per heavy atom. The van der Waals surface area contributed by atoms with Gasteiger partial charge in [-0.25, -0.2) is 27.0 Å². The molecule has 4 rings (SSSR count). The number of pyridine rings is 2. The first-order valence-electron chi connectivity index (χ1n) is 9.29. The zero-order valence-corrected chi connectivity index (χ0v) is 18.2. The van der Waals surface area contributed by atoms with Crippen LogP contribution >= 0.6 is 11.6 Å². The molecule has 3 aromatic heterocycles. The molecule has 3 heterocycles. The number of hydrogen-bond donors (Lipinski definition) is 0. The number of aromatic nitrogens is 4. The summed E-state index contributed by atoms with van der Waals surface area (Å²) in [6.07, 6.45) is -2.94. The standard InChI is InChI=1S/C20H13ClF4N4O3S/c1-2-33(31,32)16-7-12(11-5-14(21)8-15(22)6-11)9-26-18(16)29-19(30)28-10-13(20(23,24)25)3-4-17(28)27-29/h3-10H,2H2,1H3. The lowest BCUT2D eigenvalue weighted by Gasteiger charge is -2.10. The van der Waals surface area contributed by atoms with Crippen molar-refractivity contribution in [1.82, 2.24) is 19.2 Å². The van der Waals surface area contributed by atoms with Crippen molar-refractivity contribution in [2.45, 2.75) is 18.0 Å². The predicted molar refractivity (Wildman–Crippen MR) is 112 cm³/mol. The van der Waals surface area contributed by atoms with E-state index in [1.807, 2.05) is 0 Å². The monoisotopic (exact) mass is 500 g/mol. The van der Waals surface area contributed by atoms with Gasteiger partial charge in [0.05, 0.1) is 11.3 Å². The highest BCUT2D eigenvalue weighted by Gasteiger charge is 2.31. The molecule has 7 nitrogen and oxygen atoms in total. The van der Waals surface area contributed by atoms with Crippen LogP contribution in [-0.4, -0.2) is 33.3 Å². The lowest BCUT2D eigenvalue weighted by Crippen LogP contribution is -2.23. The number of halogens is 5. The van der Waals surface area contributed by atoms with Crippen LogP contribution in [0.2, 0.25) is 5.02 Å². The second kappa shape index (κ2) is 7.96. The highest BCUT2D eigenvalue weighted by molar-refractivity contribution is 7.91. The van der Waals surface area contributed by atoms with E-state index in [-0.39, 0.29) is 27.5 Å². The van der Waals surface area contributed by atoms with Gasteiger partial charge in [-0.3, -0.25) is 0 Å². The van der Waals surface area contributed by atoms with Crippen LogP contribution in [0.25, 0.3) is 22.6 Å². The van der Waals surface area contributed by atoms with E-state index < -0.39 is 43.8 Å². The minimum Gasteiger partial charge on any atom is -0.249 e. The molecule has 4 aromatic rings. The van der Waals surface area contributed by atoms with Crippen LogP contribution in [0.4, 0.5) is 17.6 Å². The molecule has 0 amide bonds. The van der Waals surface area contributed by atoms with Crippen LogP contribution in [0, 0.1) is 5.82 Å². The van der Waals surface area contributed by atoms with E-state index in [1.54, 1.807) is 0 Å². The lowest BCUT2D eigenvalue weighted by molar-refractivity contribution is -0.137. The minimum atomic E-state index is -4.70. The molecule has 0 aliphatic heterocycles. The number of alkyl halides is 3. The minimum absolute atomic E-state index is 0.0750. The summed E-state index contributed by atoms with van der Waals surface area (Å²) >= 11 is 5.88. The molecule has 13 heteroatoms. The number of sulfone groups is 1. The first kappa shape index (κ1) is 22.9. The van der Waals surface area contributed by atoms with Crippen molar-refractivity contribution in [2.24, 2.45) is 0 Å². The summed E-state index contributed by atoms with van der Waals surface area (Å²) in [5.41, 5.74) is -1.83. The Morgan fingerprint density at radius 3 is 2.45 bits per heavy atom. The van der Waals surface area contributed by atoms with E-state index in [0.29, 0.717) is 15.3 Å². The van der Waals surface area contributed by atoms with Gasteiger partial charge in [0.15, 0.2) is 21.3 Å². The van der Waals surface area contributed by atoms with Crippen LogP contribution < -0.4 is 5.69 Å². The molecule has 33 heavy (non-hydrogen) atoms. The van der Waals surface area contributed by atoms with Crippen LogP contribution in [0.3, 0.4) is 0 Å². The summed E-state index contributed by atoms with van der Waals surface area (Å²) in [5, 5.41) is 4.01. The van der Waals surface area contributed by atoms with Crippen LogP contribution in [0.15, 0.2) is 58.5 Å². The number of nitrogens with zero attached hydrogens (tertiary/aromatic N) is 4. The third-order valence-corrected chi connectivity index (χ3v) is 6.74. The molecular weight excluding hydrogens is 488 g/mol. The third-order valence-electron chi connectivity index (χ3n) is 4.79. The van der Waals surface area contributed by atoms with E-state index in [9.17, 15) is 30.8 Å². The van der Waals surface area contributed by atoms with Gasteiger partial charge >= 0.3 is 11.9 Å². The SMILES string of the molecule is CCS(=O)(=O)c1cc(-c2cc(F)cc(Cl)c2)cnc1-n1nc2ccc(C(F)(F)F)cn2c1=O. The van der Waals surface area contributed by atoms with Gasteiger partial charge in [0, 0.05) is 23.0 Å². The Labute approximate surface area is 188 Å². The Balaban J connectivity index is 1.97. The highest BCUT2D eigenvalue weighted by Crippen LogP contribution is 2.30. The van der Waals surface area contributed by atoms with Crippen molar-refractivity contribution >= 4 is 27.1 Å². The van der Waals surface area contributed by atoms with Gasteiger partial charge < -0.3 is 0 Å². The zero-order chi connectivity index (χ0) is 24.1. The molecule has 0 aliphatic carbocycles. The number of benzene rings is 1. The molecule has 1 aromatic carbocycles. The maximum Gasteiger partial charge on any atom is 0.417 e. The molecule has 0 spiro atoms. The second-order valence-corrected chi connectivity index (χ2v) is 9.63. The fourth-order valence-corrected chi connectivity index (χ4v) is 4.40. The fourth-order valence-electron chi connectivity index (χ4n) is 3.14. The van der Waals surface area contributed by atoms with Gasteiger partial charge in [0.2, 0.25) is 0 Å². The lowest BCUT2D eigenvalue weighted by atomic mass is 10.1. The Hall–Kier alpha value is -3.25. The van der Waals surface area contributed by atoms with Gasteiger partial charge in [-0.2, -0.15) is 17.9 Å². The molecule has 0 saturated carbocycles. The van der Waals surface area contributed by atoms with Gasteiger partial charge in [-0.15, -0.1) is 5.10 Å². The molecule has 0 N–H and O–H groups in total. The highest BCUT2D eigenvalue weighted by atomic mass is 35.5. The quantitative estimate of drug-likeness (QED) is 0.393. The van der Waals surface area contributed by atoms with E-state index in [2.05, 4.69) is 10.1 Å². The van der Waals surface area contributed by atoms with Crippen molar-refractivity contribution in [3.8, 4) is 16.9 Å². The van der Waals surface area contributed by atoms with Gasteiger partial charge in [-0.05, 0) is 42.0 Å². The molecule has 0 aliphatic rings. The predicted octanol–water partition coefficient (Wildman–Crippen LogP) is 4.15. The Bertz CT molecular complexity index is 1540. The molecule has 0 bridgehead atoms. The van der Waals surface area contributed by atoms with Gasteiger partial charge in [0.1, 0.15) is 10.7 Å². The first-order chi connectivity index (χ1) is 15.4. The first-order valence-corrected chi connectivity index (χ1v) is 11.3. The molecular formula is C20H13ClF4N4O3S. The maximum absolute atomic E-state index is 13.8. The topological polar surface area (TPSA) is 86.3 Å². The molecule has 0 radical (unpaired) electrons. The molecule has 172 valence electrons. The van der Waals surface area contributed by atoms with E-state index >= 15 is 0 Å². The summed E-state index contributed by atoms with van der Waals surface area (Å²) in [4.78, 5) is 16.5. The average Bonchev–Trinajstić information content (AvgIpc) is 3.08. The zero-order valence-electron chi connectivity index (χ0n) is 16.6. The summed E-state index contributed by atoms with van der Waals surface area (Å²) in [5.74, 6) is -1.42. The van der Waals surface area contributed by atoms with Crippen LogP contribution in [-0.2, 0) is 16.0 Å². The number of rotatable bonds is 4. The molecule has 0 atom stereocenters. The largest absolute Gasteiger partial charge is 0.417 e. The van der Waals surface area contributed by atoms with E-state index in [4.69, 9.17) is 11.6 Å². The molecule has 0 fully saturated rings. The van der Waals surface area contributed by atoms with Crippen molar-refractivity contribution in [3.05, 3.63) is 75.7 Å². The second-order valence-electron chi connectivity index (χ2n) is 6.95. The summed E-state index contributed by atoms with van der Waals surface area (Å²) in [6.45, 7) is 1.37. The molecule has 0 unspecified atom stereocenters. The summed E-state index contributed by atoms with van der Waals surface area (Å²) in [7, 11) is -3.99. The fraction of sp³-hybridized carbons (Fsp3) is 0.150. The van der Waals surface area contributed by atoms with Gasteiger partial charge in [-0.1, -0.05) is 18.5 Å². The maximum atomic E-state index is 13.8. The Morgan fingerprint density at radius 1 is 1.09 bits per heavy atom.